The van der Waals surface area contributed by atoms with Gasteiger partial charge in [0.15, 0.2) is 0 Å². The number of hydrogen-bond donors (Lipinski definition) is 0. The first-order chi connectivity index (χ1) is 11.1. The zero-order valence-electron chi connectivity index (χ0n) is 13.2. The molecule has 1 aromatic carbocycles. The van der Waals surface area contributed by atoms with E-state index in [9.17, 15) is 18.0 Å². The SMILES string of the molecule is COC(=O)C(C)(C)c1ccc(-c2ccc(C(F)(F)F)c(Cl)n2)cc1. The van der Waals surface area contributed by atoms with Crippen LogP contribution in [0.1, 0.15) is 25.0 Å². The summed E-state index contributed by atoms with van der Waals surface area (Å²) in [5.41, 5.74) is -0.184. The highest BCUT2D eigenvalue weighted by Crippen LogP contribution is 2.35. The Kier molecular flexibility index (Phi) is 4.90. The summed E-state index contributed by atoms with van der Waals surface area (Å²) in [5, 5.41) is -0.598. The van der Waals surface area contributed by atoms with Crippen molar-refractivity contribution in [2.75, 3.05) is 7.11 Å². The molecule has 128 valence electrons. The summed E-state index contributed by atoms with van der Waals surface area (Å²) >= 11 is 5.64. The van der Waals surface area contributed by atoms with Gasteiger partial charge in [0.05, 0.1) is 23.8 Å². The number of halogens is 4. The van der Waals surface area contributed by atoms with Gasteiger partial charge in [0.2, 0.25) is 0 Å². The third-order valence-electron chi connectivity index (χ3n) is 3.75. The number of hydrogen-bond acceptors (Lipinski definition) is 3. The molecular formula is C17H15ClF3NO2. The van der Waals surface area contributed by atoms with Crippen LogP contribution >= 0.6 is 11.6 Å². The zero-order chi connectivity index (χ0) is 18.1. The summed E-state index contributed by atoms with van der Waals surface area (Å²) in [7, 11) is 1.31. The van der Waals surface area contributed by atoms with Gasteiger partial charge in [-0.1, -0.05) is 35.9 Å². The van der Waals surface area contributed by atoms with Crippen molar-refractivity contribution in [1.82, 2.24) is 4.98 Å². The van der Waals surface area contributed by atoms with Crippen LogP contribution < -0.4 is 0 Å². The zero-order valence-corrected chi connectivity index (χ0v) is 14.0. The monoisotopic (exact) mass is 357 g/mol. The minimum absolute atomic E-state index is 0.315. The van der Waals surface area contributed by atoms with Gasteiger partial charge in [-0.25, -0.2) is 4.98 Å². The lowest BCUT2D eigenvalue weighted by molar-refractivity contribution is -0.146. The second-order valence-electron chi connectivity index (χ2n) is 5.73. The number of alkyl halides is 3. The molecular weight excluding hydrogens is 343 g/mol. The molecule has 0 atom stereocenters. The van der Waals surface area contributed by atoms with E-state index in [1.54, 1.807) is 38.1 Å². The van der Waals surface area contributed by atoms with E-state index in [0.717, 1.165) is 11.6 Å². The quantitative estimate of drug-likeness (QED) is 0.581. The summed E-state index contributed by atoms with van der Waals surface area (Å²) in [5.74, 6) is -0.383. The average Bonchev–Trinajstić information content (AvgIpc) is 2.52. The molecule has 0 bridgehead atoms. The van der Waals surface area contributed by atoms with Gasteiger partial charge >= 0.3 is 12.1 Å². The Morgan fingerprint density at radius 2 is 1.67 bits per heavy atom. The average molecular weight is 358 g/mol. The minimum atomic E-state index is -4.54. The predicted octanol–water partition coefficient (Wildman–Crippen LogP) is 4.87. The summed E-state index contributed by atoms with van der Waals surface area (Å²) in [6.45, 7) is 3.45. The number of rotatable bonds is 3. The second-order valence-corrected chi connectivity index (χ2v) is 6.08. The predicted molar refractivity (Wildman–Crippen MR) is 84.7 cm³/mol. The molecule has 0 amide bonds. The van der Waals surface area contributed by atoms with Crippen LogP contribution in [0.15, 0.2) is 36.4 Å². The fourth-order valence-electron chi connectivity index (χ4n) is 2.24. The highest BCUT2D eigenvalue weighted by molar-refractivity contribution is 6.30. The molecule has 0 aliphatic heterocycles. The number of benzene rings is 1. The van der Waals surface area contributed by atoms with Crippen LogP contribution in [0, 0.1) is 0 Å². The topological polar surface area (TPSA) is 39.2 Å². The fourth-order valence-corrected chi connectivity index (χ4v) is 2.50. The summed E-state index contributed by atoms with van der Waals surface area (Å²) in [4.78, 5) is 15.6. The molecule has 1 heterocycles. The lowest BCUT2D eigenvalue weighted by atomic mass is 9.84. The number of esters is 1. The van der Waals surface area contributed by atoms with Gasteiger partial charge in [-0.3, -0.25) is 4.79 Å². The molecule has 0 fully saturated rings. The normalized spacial score (nSPS) is 12.1. The van der Waals surface area contributed by atoms with Gasteiger partial charge in [0.1, 0.15) is 5.15 Å². The lowest BCUT2D eigenvalue weighted by Gasteiger charge is -2.22. The number of aromatic nitrogens is 1. The molecule has 0 saturated carbocycles. The van der Waals surface area contributed by atoms with Gasteiger partial charge in [0, 0.05) is 5.56 Å². The Morgan fingerprint density at radius 3 is 2.12 bits per heavy atom. The molecule has 2 rings (SSSR count). The van der Waals surface area contributed by atoms with E-state index < -0.39 is 22.3 Å². The molecule has 3 nitrogen and oxygen atoms in total. The summed E-state index contributed by atoms with van der Waals surface area (Å²) in [6.07, 6.45) is -4.54. The van der Waals surface area contributed by atoms with Gasteiger partial charge in [-0.05, 0) is 31.5 Å². The van der Waals surface area contributed by atoms with Crippen molar-refractivity contribution in [3.8, 4) is 11.3 Å². The van der Waals surface area contributed by atoms with Crippen LogP contribution in [0.5, 0.6) is 0 Å². The van der Waals surface area contributed by atoms with Crippen LogP contribution in [0.3, 0.4) is 0 Å². The van der Waals surface area contributed by atoms with E-state index in [4.69, 9.17) is 16.3 Å². The van der Waals surface area contributed by atoms with Crippen LogP contribution in [0.25, 0.3) is 11.3 Å². The smallest absolute Gasteiger partial charge is 0.419 e. The van der Waals surface area contributed by atoms with E-state index in [-0.39, 0.29) is 5.97 Å². The van der Waals surface area contributed by atoms with E-state index in [1.165, 1.54) is 13.2 Å². The van der Waals surface area contributed by atoms with Crippen molar-refractivity contribution in [3.63, 3.8) is 0 Å². The largest absolute Gasteiger partial charge is 0.468 e. The molecule has 0 unspecified atom stereocenters. The van der Waals surface area contributed by atoms with Crippen LogP contribution in [0.2, 0.25) is 5.15 Å². The highest BCUT2D eigenvalue weighted by Gasteiger charge is 2.34. The van der Waals surface area contributed by atoms with Crippen molar-refractivity contribution in [2.45, 2.75) is 25.4 Å². The number of pyridine rings is 1. The van der Waals surface area contributed by atoms with E-state index in [1.807, 2.05) is 0 Å². The molecule has 0 spiro atoms. The summed E-state index contributed by atoms with van der Waals surface area (Å²) in [6, 6.07) is 8.92. The minimum Gasteiger partial charge on any atom is -0.468 e. The first-order valence-corrected chi connectivity index (χ1v) is 7.38. The number of carbonyl (C=O) groups excluding carboxylic acids is 1. The first-order valence-electron chi connectivity index (χ1n) is 7.00. The van der Waals surface area contributed by atoms with Crippen LogP contribution in [0.4, 0.5) is 13.2 Å². The second kappa shape index (κ2) is 6.43. The third-order valence-corrected chi connectivity index (χ3v) is 4.04. The molecule has 24 heavy (non-hydrogen) atoms. The van der Waals surface area contributed by atoms with Crippen molar-refractivity contribution in [1.29, 1.82) is 0 Å². The Balaban J connectivity index is 2.35. The lowest BCUT2D eigenvalue weighted by Crippen LogP contribution is -2.30. The number of nitrogens with zero attached hydrogens (tertiary/aromatic N) is 1. The highest BCUT2D eigenvalue weighted by atomic mass is 35.5. The molecule has 0 saturated heterocycles. The maximum atomic E-state index is 12.7. The number of ether oxygens (including phenoxy) is 1. The first kappa shape index (κ1) is 18.3. The maximum absolute atomic E-state index is 12.7. The van der Waals surface area contributed by atoms with Crippen molar-refractivity contribution >= 4 is 17.6 Å². The molecule has 0 aliphatic carbocycles. The summed E-state index contributed by atoms with van der Waals surface area (Å²) < 4.78 is 42.9. The molecule has 1 aromatic heterocycles. The van der Waals surface area contributed by atoms with Crippen molar-refractivity contribution in [2.24, 2.45) is 0 Å². The Hall–Kier alpha value is -2.08. The van der Waals surface area contributed by atoms with Crippen molar-refractivity contribution in [3.05, 3.63) is 52.7 Å². The van der Waals surface area contributed by atoms with Gasteiger partial charge in [-0.15, -0.1) is 0 Å². The molecule has 0 N–H and O–H groups in total. The van der Waals surface area contributed by atoms with Gasteiger partial charge in [-0.2, -0.15) is 13.2 Å². The Bertz CT molecular complexity index is 755. The van der Waals surface area contributed by atoms with Crippen LogP contribution in [-0.4, -0.2) is 18.1 Å². The molecule has 0 aliphatic rings. The molecule has 0 radical (unpaired) electrons. The standard InChI is InChI=1S/C17H15ClF3NO2/c1-16(2,15(23)24-3)11-6-4-10(5-7-11)13-9-8-12(14(18)22-13)17(19,20)21/h4-9H,1-3H3. The third kappa shape index (κ3) is 3.53. The van der Waals surface area contributed by atoms with Gasteiger partial charge < -0.3 is 4.74 Å². The van der Waals surface area contributed by atoms with E-state index in [0.29, 0.717) is 11.3 Å². The van der Waals surface area contributed by atoms with E-state index in [2.05, 4.69) is 4.98 Å². The Morgan fingerprint density at radius 1 is 1.08 bits per heavy atom. The Labute approximate surface area is 142 Å². The number of carbonyl (C=O) groups is 1. The van der Waals surface area contributed by atoms with Crippen molar-refractivity contribution < 1.29 is 22.7 Å². The number of methoxy groups -OCH3 is 1. The molecule has 2 aromatic rings. The van der Waals surface area contributed by atoms with Gasteiger partial charge in [0.25, 0.3) is 0 Å². The maximum Gasteiger partial charge on any atom is 0.419 e. The fraction of sp³-hybridized carbons (Fsp3) is 0.294. The van der Waals surface area contributed by atoms with E-state index >= 15 is 0 Å². The molecule has 7 heteroatoms. The van der Waals surface area contributed by atoms with Crippen LogP contribution in [-0.2, 0) is 21.1 Å².